The normalized spacial score (nSPS) is 11.7. The van der Waals surface area contributed by atoms with Gasteiger partial charge in [0.05, 0.1) is 11.4 Å². The Labute approximate surface area is 405 Å². The minimum absolute atomic E-state index is 0.876. The Hall–Kier alpha value is -9.24. The number of benzene rings is 13. The number of para-hydroxylation sites is 1. The standard InChI is InChI=1S/C68H43NO/c1-3-19-47(20-4-1)65-58-27-12-11-25-54(58)55-40-37-49(43-61(55)66(65)48-21-5-2-6-22-48)44-33-38-50(39-34-44)69(63-31-15-28-53-51-23-9-7-17-45(51)35-41-57(53)63)62-30-14-13-26-56(62)59-29-16-32-64-67(59)60-42-36-46-18-8-10-24-52(46)68(60)70-64/h1-43H. The maximum absolute atomic E-state index is 6.75. The van der Waals surface area contributed by atoms with E-state index in [1.807, 2.05) is 0 Å². The first-order valence-electron chi connectivity index (χ1n) is 24.1. The first-order valence-corrected chi connectivity index (χ1v) is 24.1. The molecule has 0 atom stereocenters. The first kappa shape index (κ1) is 39.9. The van der Waals surface area contributed by atoms with E-state index in [2.05, 4.69) is 266 Å². The Morgan fingerprint density at radius 2 is 0.786 bits per heavy atom. The van der Waals surface area contributed by atoms with Crippen molar-refractivity contribution in [3.8, 4) is 44.5 Å². The minimum atomic E-state index is 0.876. The summed E-state index contributed by atoms with van der Waals surface area (Å²) >= 11 is 0. The molecule has 0 spiro atoms. The molecule has 13 aromatic carbocycles. The number of anilines is 3. The lowest BCUT2D eigenvalue weighted by molar-refractivity contribution is 0.673. The van der Waals surface area contributed by atoms with Crippen molar-refractivity contribution in [3.05, 3.63) is 261 Å². The number of fused-ring (bicyclic) bond motifs is 11. The van der Waals surface area contributed by atoms with Crippen LogP contribution in [-0.4, -0.2) is 0 Å². The molecule has 0 radical (unpaired) electrons. The van der Waals surface area contributed by atoms with Crippen LogP contribution in [0.1, 0.15) is 0 Å². The van der Waals surface area contributed by atoms with Crippen molar-refractivity contribution in [2.24, 2.45) is 0 Å². The fourth-order valence-electron chi connectivity index (χ4n) is 11.3. The molecular weight excluding hydrogens is 847 g/mol. The summed E-state index contributed by atoms with van der Waals surface area (Å²) in [7, 11) is 0. The van der Waals surface area contributed by atoms with Gasteiger partial charge in [0.15, 0.2) is 0 Å². The van der Waals surface area contributed by atoms with E-state index in [0.29, 0.717) is 0 Å². The highest BCUT2D eigenvalue weighted by Crippen LogP contribution is 2.49. The summed E-state index contributed by atoms with van der Waals surface area (Å²) in [5.74, 6) is 0. The SMILES string of the molecule is c1ccc(-c2c(-c3ccccc3)c3cc(-c4ccc(N(c5ccccc5-c5cccc6oc7c8ccccc8ccc7c56)c5cccc6c5ccc5ccccc56)cc4)ccc3c3ccccc23)cc1. The third-order valence-electron chi connectivity index (χ3n) is 14.4. The quantitative estimate of drug-likeness (QED) is 0.148. The minimum Gasteiger partial charge on any atom is -0.455 e. The Balaban J connectivity index is 0.976. The summed E-state index contributed by atoms with van der Waals surface area (Å²) in [6.45, 7) is 0. The van der Waals surface area contributed by atoms with Crippen LogP contribution in [0.4, 0.5) is 17.1 Å². The van der Waals surface area contributed by atoms with Crippen LogP contribution in [0.5, 0.6) is 0 Å². The Morgan fingerprint density at radius 1 is 0.271 bits per heavy atom. The highest BCUT2D eigenvalue weighted by atomic mass is 16.3. The van der Waals surface area contributed by atoms with E-state index in [4.69, 9.17) is 4.42 Å². The number of nitrogens with zero attached hydrogens (tertiary/aromatic N) is 1. The zero-order chi connectivity index (χ0) is 46.1. The van der Waals surface area contributed by atoms with Crippen LogP contribution in [0.15, 0.2) is 265 Å². The molecule has 70 heavy (non-hydrogen) atoms. The molecule has 0 fully saturated rings. The van der Waals surface area contributed by atoms with Crippen molar-refractivity contribution in [2.75, 3.05) is 4.90 Å². The van der Waals surface area contributed by atoms with Crippen molar-refractivity contribution < 1.29 is 4.42 Å². The Bertz CT molecular complexity index is 4340. The number of furan rings is 1. The van der Waals surface area contributed by atoms with E-state index < -0.39 is 0 Å². The maximum Gasteiger partial charge on any atom is 0.143 e. The van der Waals surface area contributed by atoms with E-state index in [9.17, 15) is 0 Å². The smallest absolute Gasteiger partial charge is 0.143 e. The lowest BCUT2D eigenvalue weighted by Gasteiger charge is -2.29. The van der Waals surface area contributed by atoms with Gasteiger partial charge in [-0.3, -0.25) is 0 Å². The summed E-state index contributed by atoms with van der Waals surface area (Å²) in [5.41, 5.74) is 14.5. The van der Waals surface area contributed by atoms with Crippen molar-refractivity contribution in [3.63, 3.8) is 0 Å². The molecule has 0 amide bonds. The van der Waals surface area contributed by atoms with Gasteiger partial charge in [0.25, 0.3) is 0 Å². The zero-order valence-corrected chi connectivity index (χ0v) is 38.2. The molecule has 326 valence electrons. The molecule has 0 N–H and O–H groups in total. The molecule has 0 saturated heterocycles. The number of hydrogen-bond acceptors (Lipinski definition) is 2. The molecule has 0 unspecified atom stereocenters. The molecule has 0 aliphatic carbocycles. The summed E-state index contributed by atoms with van der Waals surface area (Å²) < 4.78 is 6.75. The van der Waals surface area contributed by atoms with Crippen LogP contribution in [0, 0.1) is 0 Å². The summed E-state index contributed by atoms with van der Waals surface area (Å²) in [6, 6.07) is 95.1. The molecular formula is C68H43NO. The van der Waals surface area contributed by atoms with Crippen molar-refractivity contribution in [1.82, 2.24) is 0 Å². The molecule has 0 bridgehead atoms. The monoisotopic (exact) mass is 889 g/mol. The molecule has 0 aliphatic heterocycles. The molecule has 0 saturated carbocycles. The summed E-state index contributed by atoms with van der Waals surface area (Å²) in [6.07, 6.45) is 0. The molecule has 14 rings (SSSR count). The molecule has 1 aromatic heterocycles. The lowest BCUT2D eigenvalue weighted by Crippen LogP contribution is -2.11. The fourth-order valence-corrected chi connectivity index (χ4v) is 11.3. The zero-order valence-electron chi connectivity index (χ0n) is 38.2. The number of hydrogen-bond donors (Lipinski definition) is 0. The van der Waals surface area contributed by atoms with Gasteiger partial charge in [0.1, 0.15) is 11.2 Å². The van der Waals surface area contributed by atoms with Crippen LogP contribution >= 0.6 is 0 Å². The van der Waals surface area contributed by atoms with Crippen molar-refractivity contribution in [1.29, 1.82) is 0 Å². The van der Waals surface area contributed by atoms with Crippen LogP contribution in [0.2, 0.25) is 0 Å². The Kier molecular flexibility index (Phi) is 9.25. The second-order valence-corrected chi connectivity index (χ2v) is 18.3. The van der Waals surface area contributed by atoms with Crippen LogP contribution < -0.4 is 4.90 Å². The first-order chi connectivity index (χ1) is 34.7. The van der Waals surface area contributed by atoms with E-state index in [1.165, 1.54) is 76.3 Å². The molecule has 2 heteroatoms. The van der Waals surface area contributed by atoms with Crippen LogP contribution in [-0.2, 0) is 0 Å². The van der Waals surface area contributed by atoms with Crippen molar-refractivity contribution in [2.45, 2.75) is 0 Å². The highest BCUT2D eigenvalue weighted by molar-refractivity contribution is 6.23. The maximum atomic E-state index is 6.75. The fraction of sp³-hybridized carbons (Fsp3) is 0. The lowest BCUT2D eigenvalue weighted by atomic mass is 9.84. The van der Waals surface area contributed by atoms with Gasteiger partial charge in [-0.15, -0.1) is 0 Å². The summed E-state index contributed by atoms with van der Waals surface area (Å²) in [4.78, 5) is 2.46. The van der Waals surface area contributed by atoms with Crippen LogP contribution in [0.25, 0.3) is 120 Å². The molecule has 2 nitrogen and oxygen atoms in total. The van der Waals surface area contributed by atoms with E-state index >= 15 is 0 Å². The van der Waals surface area contributed by atoms with Crippen molar-refractivity contribution >= 4 is 92.9 Å². The number of rotatable bonds is 7. The van der Waals surface area contributed by atoms with Gasteiger partial charge >= 0.3 is 0 Å². The van der Waals surface area contributed by atoms with Gasteiger partial charge in [-0.25, -0.2) is 0 Å². The van der Waals surface area contributed by atoms with Gasteiger partial charge in [-0.2, -0.15) is 0 Å². The summed E-state index contributed by atoms with van der Waals surface area (Å²) in [5, 5.41) is 14.4. The van der Waals surface area contributed by atoms with E-state index in [1.54, 1.807) is 0 Å². The van der Waals surface area contributed by atoms with Gasteiger partial charge in [-0.1, -0.05) is 218 Å². The third-order valence-corrected chi connectivity index (χ3v) is 14.4. The third kappa shape index (κ3) is 6.35. The average Bonchev–Trinajstić information content (AvgIpc) is 3.83. The van der Waals surface area contributed by atoms with Gasteiger partial charge in [-0.05, 0) is 124 Å². The second-order valence-electron chi connectivity index (χ2n) is 18.3. The van der Waals surface area contributed by atoms with Gasteiger partial charge in [0.2, 0.25) is 0 Å². The highest BCUT2D eigenvalue weighted by Gasteiger charge is 2.23. The molecule has 14 aromatic rings. The predicted octanol–water partition coefficient (Wildman–Crippen LogP) is 19.5. The largest absolute Gasteiger partial charge is 0.455 e. The van der Waals surface area contributed by atoms with Crippen LogP contribution in [0.3, 0.4) is 0 Å². The second kappa shape index (κ2) is 16.2. The topological polar surface area (TPSA) is 16.4 Å². The molecule has 1 heterocycles. The van der Waals surface area contributed by atoms with Gasteiger partial charge < -0.3 is 9.32 Å². The average molecular weight is 890 g/mol. The van der Waals surface area contributed by atoms with Gasteiger partial charge in [0, 0.05) is 32.8 Å². The van der Waals surface area contributed by atoms with E-state index in [0.717, 1.165) is 61.1 Å². The Morgan fingerprint density at radius 3 is 1.56 bits per heavy atom. The predicted molar refractivity (Wildman–Crippen MR) is 298 cm³/mol. The van der Waals surface area contributed by atoms with E-state index in [-0.39, 0.29) is 0 Å². The molecule has 0 aliphatic rings.